The second kappa shape index (κ2) is 6.81. The van der Waals surface area contributed by atoms with Gasteiger partial charge >= 0.3 is 0 Å². The molecule has 0 atom stereocenters. The monoisotopic (exact) mass is 277 g/mol. The predicted octanol–water partition coefficient (Wildman–Crippen LogP) is 1.06. The van der Waals surface area contributed by atoms with E-state index in [0.717, 1.165) is 37.2 Å². The molecule has 20 heavy (non-hydrogen) atoms. The summed E-state index contributed by atoms with van der Waals surface area (Å²) in [7, 11) is 4.07. The molecule has 0 radical (unpaired) electrons. The normalized spacial score (nSPS) is 14.5. The van der Waals surface area contributed by atoms with E-state index < -0.39 is 0 Å². The third-order valence-corrected chi connectivity index (χ3v) is 3.61. The number of nitrogens with zero attached hydrogens (tertiary/aromatic N) is 3. The maximum atomic E-state index is 11.4. The number of carbonyl (C=O) groups excluding carboxylic acids is 1. The molecule has 1 aliphatic heterocycles. The summed E-state index contributed by atoms with van der Waals surface area (Å²) in [5, 5.41) is 0. The largest absolute Gasteiger partial charge is 0.375 e. The van der Waals surface area contributed by atoms with Crippen LogP contribution in [-0.4, -0.2) is 54.5 Å². The molecule has 110 valence electrons. The summed E-state index contributed by atoms with van der Waals surface area (Å²) < 4.78 is 5.71. The zero-order valence-electron chi connectivity index (χ0n) is 12.6. The Morgan fingerprint density at radius 3 is 2.95 bits per heavy atom. The maximum Gasteiger partial charge on any atom is 0.219 e. The van der Waals surface area contributed by atoms with E-state index in [2.05, 4.69) is 9.88 Å². The second-order valence-electron chi connectivity index (χ2n) is 5.48. The number of aromatic nitrogens is 1. The van der Waals surface area contributed by atoms with Crippen molar-refractivity contribution in [1.29, 1.82) is 0 Å². The molecule has 1 aromatic heterocycles. The van der Waals surface area contributed by atoms with Crippen molar-refractivity contribution in [2.45, 2.75) is 26.5 Å². The third-order valence-electron chi connectivity index (χ3n) is 3.61. The molecule has 2 rings (SSSR count). The quantitative estimate of drug-likeness (QED) is 0.755. The van der Waals surface area contributed by atoms with Crippen LogP contribution in [0.2, 0.25) is 0 Å². The van der Waals surface area contributed by atoms with E-state index in [9.17, 15) is 4.79 Å². The molecule has 0 bridgehead atoms. The highest BCUT2D eigenvalue weighted by atomic mass is 16.5. The van der Waals surface area contributed by atoms with Crippen molar-refractivity contribution in [2.24, 2.45) is 0 Å². The molecule has 5 heteroatoms. The highest BCUT2D eigenvalue weighted by Crippen LogP contribution is 2.22. The predicted molar refractivity (Wildman–Crippen MR) is 77.2 cm³/mol. The molecule has 0 fully saturated rings. The van der Waals surface area contributed by atoms with Crippen LogP contribution in [0.5, 0.6) is 0 Å². The Morgan fingerprint density at radius 1 is 1.45 bits per heavy atom. The molecule has 0 saturated carbocycles. The SMILES string of the molecule is CC(=O)N1CCc2c(COCCN(C)C)cncc2C1. The number of hydrogen-bond donors (Lipinski definition) is 0. The first kappa shape index (κ1) is 14.9. The lowest BCUT2D eigenvalue weighted by Gasteiger charge is -2.29. The number of likely N-dealkylation sites (N-methyl/N-ethyl adjacent to an activating group) is 1. The zero-order valence-corrected chi connectivity index (χ0v) is 12.6. The van der Waals surface area contributed by atoms with Crippen molar-refractivity contribution in [3.8, 4) is 0 Å². The van der Waals surface area contributed by atoms with E-state index in [1.165, 1.54) is 5.56 Å². The average Bonchev–Trinajstić information content (AvgIpc) is 2.42. The molecule has 1 aliphatic rings. The summed E-state index contributed by atoms with van der Waals surface area (Å²) in [6.45, 7) is 5.31. The highest BCUT2D eigenvalue weighted by Gasteiger charge is 2.20. The van der Waals surface area contributed by atoms with Crippen molar-refractivity contribution in [2.75, 3.05) is 33.8 Å². The molecule has 0 unspecified atom stereocenters. The molecule has 0 spiro atoms. The number of hydrogen-bond acceptors (Lipinski definition) is 4. The van der Waals surface area contributed by atoms with Crippen LogP contribution in [0, 0.1) is 0 Å². The van der Waals surface area contributed by atoms with Crippen LogP contribution in [0.3, 0.4) is 0 Å². The summed E-state index contributed by atoms with van der Waals surface area (Å²) in [4.78, 5) is 19.7. The van der Waals surface area contributed by atoms with Crippen LogP contribution < -0.4 is 0 Å². The molecule has 0 N–H and O–H groups in total. The lowest BCUT2D eigenvalue weighted by Crippen LogP contribution is -2.34. The first-order chi connectivity index (χ1) is 9.58. The van der Waals surface area contributed by atoms with Gasteiger partial charge in [-0.2, -0.15) is 0 Å². The van der Waals surface area contributed by atoms with Crippen molar-refractivity contribution in [3.63, 3.8) is 0 Å². The minimum atomic E-state index is 0.128. The molecule has 0 aliphatic carbocycles. The van der Waals surface area contributed by atoms with Gasteiger partial charge in [-0.1, -0.05) is 0 Å². The average molecular weight is 277 g/mol. The number of pyridine rings is 1. The fourth-order valence-electron chi connectivity index (χ4n) is 2.39. The summed E-state index contributed by atoms with van der Waals surface area (Å²) in [5.41, 5.74) is 3.62. The van der Waals surface area contributed by atoms with E-state index in [1.54, 1.807) is 6.92 Å². The molecular formula is C15H23N3O2. The van der Waals surface area contributed by atoms with E-state index in [-0.39, 0.29) is 5.91 Å². The Balaban J connectivity index is 1.98. The molecule has 2 heterocycles. The van der Waals surface area contributed by atoms with Crippen molar-refractivity contribution in [1.82, 2.24) is 14.8 Å². The Kier molecular flexibility index (Phi) is 5.09. The number of fused-ring (bicyclic) bond motifs is 1. The highest BCUT2D eigenvalue weighted by molar-refractivity contribution is 5.73. The standard InChI is InChI=1S/C15H23N3O2/c1-12(19)18-5-4-15-13(10-18)8-16-9-14(15)11-20-7-6-17(2)3/h8-9H,4-7,10-11H2,1-3H3. The number of amides is 1. The van der Waals surface area contributed by atoms with Gasteiger partial charge in [-0.3, -0.25) is 9.78 Å². The fourth-order valence-corrected chi connectivity index (χ4v) is 2.39. The van der Waals surface area contributed by atoms with Crippen LogP contribution in [0.25, 0.3) is 0 Å². The van der Waals surface area contributed by atoms with Crippen molar-refractivity contribution < 1.29 is 9.53 Å². The van der Waals surface area contributed by atoms with E-state index in [0.29, 0.717) is 13.2 Å². The molecule has 0 saturated heterocycles. The van der Waals surface area contributed by atoms with E-state index in [4.69, 9.17) is 4.74 Å². The van der Waals surface area contributed by atoms with Crippen LogP contribution in [0.15, 0.2) is 12.4 Å². The van der Waals surface area contributed by atoms with Gasteiger partial charge in [0.15, 0.2) is 0 Å². The summed E-state index contributed by atoms with van der Waals surface area (Å²) >= 11 is 0. The molecule has 0 aromatic carbocycles. The number of carbonyl (C=O) groups is 1. The topological polar surface area (TPSA) is 45.7 Å². The first-order valence-electron chi connectivity index (χ1n) is 7.00. The van der Waals surface area contributed by atoms with Crippen molar-refractivity contribution >= 4 is 5.91 Å². The molecule has 5 nitrogen and oxygen atoms in total. The van der Waals surface area contributed by atoms with Crippen LogP contribution >= 0.6 is 0 Å². The minimum Gasteiger partial charge on any atom is -0.375 e. The number of rotatable bonds is 5. The minimum absolute atomic E-state index is 0.128. The van der Waals surface area contributed by atoms with Gasteiger partial charge in [0.25, 0.3) is 0 Å². The van der Waals surface area contributed by atoms with Gasteiger partial charge in [-0.15, -0.1) is 0 Å². The summed E-state index contributed by atoms with van der Waals surface area (Å²) in [6.07, 6.45) is 4.65. The van der Waals surface area contributed by atoms with Gasteiger partial charge in [0.2, 0.25) is 5.91 Å². The van der Waals surface area contributed by atoms with E-state index in [1.807, 2.05) is 31.4 Å². The maximum absolute atomic E-state index is 11.4. The molecular weight excluding hydrogens is 254 g/mol. The number of ether oxygens (including phenoxy) is 1. The zero-order chi connectivity index (χ0) is 14.5. The smallest absolute Gasteiger partial charge is 0.219 e. The summed E-state index contributed by atoms with van der Waals surface area (Å²) in [6, 6.07) is 0. The van der Waals surface area contributed by atoms with Gasteiger partial charge in [-0.25, -0.2) is 0 Å². The van der Waals surface area contributed by atoms with Crippen molar-refractivity contribution in [3.05, 3.63) is 29.1 Å². The Hall–Kier alpha value is -1.46. The second-order valence-corrected chi connectivity index (χ2v) is 5.48. The third kappa shape index (κ3) is 3.77. The van der Waals surface area contributed by atoms with Gasteiger partial charge in [0.05, 0.1) is 13.2 Å². The van der Waals surface area contributed by atoms with Gasteiger partial charge in [-0.05, 0) is 37.2 Å². The Bertz CT molecular complexity index is 474. The van der Waals surface area contributed by atoms with Gasteiger partial charge in [0.1, 0.15) is 0 Å². The lowest BCUT2D eigenvalue weighted by molar-refractivity contribution is -0.129. The van der Waals surface area contributed by atoms with Crippen LogP contribution in [0.1, 0.15) is 23.6 Å². The van der Waals surface area contributed by atoms with Crippen LogP contribution in [0.4, 0.5) is 0 Å². The Labute approximate surface area is 120 Å². The first-order valence-corrected chi connectivity index (χ1v) is 7.00. The summed E-state index contributed by atoms with van der Waals surface area (Å²) in [5.74, 6) is 0.128. The molecule has 1 aromatic rings. The van der Waals surface area contributed by atoms with Crippen LogP contribution in [-0.2, 0) is 29.1 Å². The fraction of sp³-hybridized carbons (Fsp3) is 0.600. The Morgan fingerprint density at radius 2 is 2.25 bits per heavy atom. The van der Waals surface area contributed by atoms with Gasteiger partial charge < -0.3 is 14.5 Å². The molecule has 1 amide bonds. The van der Waals surface area contributed by atoms with Gasteiger partial charge in [0, 0.05) is 39.0 Å². The lowest BCUT2D eigenvalue weighted by atomic mass is 9.97. The van der Waals surface area contributed by atoms with E-state index >= 15 is 0 Å².